The zero-order valence-corrected chi connectivity index (χ0v) is 18.3. The largest absolute Gasteiger partial charge is 0.340 e. The highest BCUT2D eigenvalue weighted by Gasteiger charge is 2.26. The van der Waals surface area contributed by atoms with E-state index in [1.807, 2.05) is 41.8 Å². The van der Waals surface area contributed by atoms with E-state index in [-0.39, 0.29) is 17.7 Å². The topological polar surface area (TPSA) is 76.2 Å². The Bertz CT molecular complexity index is 761. The number of nitrogens with zero attached hydrogens (tertiary/aromatic N) is 4. The van der Waals surface area contributed by atoms with E-state index in [9.17, 15) is 14.4 Å². The Labute approximate surface area is 178 Å². The van der Waals surface area contributed by atoms with Crippen molar-refractivity contribution >= 4 is 23.4 Å². The van der Waals surface area contributed by atoms with Crippen LogP contribution in [0.25, 0.3) is 0 Å². The van der Waals surface area contributed by atoms with Crippen LogP contribution in [0.1, 0.15) is 18.1 Å². The molecule has 2 saturated heterocycles. The molecule has 0 spiro atoms. The number of rotatable bonds is 5. The SMILES string of the molecule is CC(=O)N1CCN(CC(=O)N2CCN(CC(=O)Nc3c(C)cccc3C)CC2)CC1. The molecule has 3 rings (SSSR count). The zero-order chi connectivity index (χ0) is 21.7. The van der Waals surface area contributed by atoms with Gasteiger partial charge in [-0.25, -0.2) is 0 Å². The highest BCUT2D eigenvalue weighted by atomic mass is 16.2. The van der Waals surface area contributed by atoms with Gasteiger partial charge in [0.25, 0.3) is 0 Å². The van der Waals surface area contributed by atoms with Gasteiger partial charge in [-0.2, -0.15) is 0 Å². The van der Waals surface area contributed by atoms with Gasteiger partial charge in [-0.1, -0.05) is 18.2 Å². The monoisotopic (exact) mass is 415 g/mol. The van der Waals surface area contributed by atoms with Crippen LogP contribution in [0.4, 0.5) is 5.69 Å². The maximum Gasteiger partial charge on any atom is 0.238 e. The van der Waals surface area contributed by atoms with Gasteiger partial charge >= 0.3 is 0 Å². The third-order valence-electron chi connectivity index (χ3n) is 6.01. The quantitative estimate of drug-likeness (QED) is 0.760. The van der Waals surface area contributed by atoms with Crippen molar-refractivity contribution in [2.75, 3.05) is 70.8 Å². The lowest BCUT2D eigenvalue weighted by molar-refractivity contribution is -0.135. The van der Waals surface area contributed by atoms with Crippen LogP contribution in [0.2, 0.25) is 0 Å². The van der Waals surface area contributed by atoms with E-state index in [0.29, 0.717) is 52.4 Å². The highest BCUT2D eigenvalue weighted by Crippen LogP contribution is 2.19. The number of carbonyl (C=O) groups excluding carboxylic acids is 3. The molecule has 0 aromatic heterocycles. The fourth-order valence-corrected chi connectivity index (χ4v) is 4.06. The third-order valence-corrected chi connectivity index (χ3v) is 6.01. The average molecular weight is 416 g/mol. The molecule has 2 fully saturated rings. The summed E-state index contributed by atoms with van der Waals surface area (Å²) in [4.78, 5) is 44.4. The number of anilines is 1. The molecule has 164 valence electrons. The van der Waals surface area contributed by atoms with Crippen LogP contribution in [0.15, 0.2) is 18.2 Å². The summed E-state index contributed by atoms with van der Waals surface area (Å²) in [5, 5.41) is 3.03. The molecule has 1 N–H and O–H groups in total. The minimum Gasteiger partial charge on any atom is -0.340 e. The molecule has 2 aliphatic heterocycles. The van der Waals surface area contributed by atoms with Gasteiger partial charge in [0.05, 0.1) is 13.1 Å². The standard InChI is InChI=1S/C22H33N5O3/c1-17-5-4-6-18(2)22(17)23-20(29)15-24-9-13-27(14-10-24)21(30)16-25-7-11-26(12-8-25)19(3)28/h4-6H,7-16H2,1-3H3,(H,23,29). The summed E-state index contributed by atoms with van der Waals surface area (Å²) in [6, 6.07) is 5.97. The molecule has 0 aliphatic carbocycles. The summed E-state index contributed by atoms with van der Waals surface area (Å²) in [7, 11) is 0. The van der Waals surface area contributed by atoms with Gasteiger partial charge in [-0.3, -0.25) is 24.2 Å². The number of para-hydroxylation sites is 1. The molecule has 0 unspecified atom stereocenters. The Morgan fingerprint density at radius 3 is 1.83 bits per heavy atom. The lowest BCUT2D eigenvalue weighted by Crippen LogP contribution is -2.54. The summed E-state index contributed by atoms with van der Waals surface area (Å²) in [6.45, 7) is 11.8. The predicted molar refractivity (Wildman–Crippen MR) is 116 cm³/mol. The van der Waals surface area contributed by atoms with E-state index in [1.54, 1.807) is 6.92 Å². The van der Waals surface area contributed by atoms with E-state index in [1.165, 1.54) is 0 Å². The molecule has 2 heterocycles. The summed E-state index contributed by atoms with van der Waals surface area (Å²) >= 11 is 0. The maximum absolute atomic E-state index is 12.6. The van der Waals surface area contributed by atoms with E-state index < -0.39 is 0 Å². The number of benzene rings is 1. The first-order chi connectivity index (χ1) is 14.3. The first-order valence-corrected chi connectivity index (χ1v) is 10.7. The third kappa shape index (κ3) is 5.79. The van der Waals surface area contributed by atoms with Crippen LogP contribution in [-0.2, 0) is 14.4 Å². The molecule has 1 aromatic rings. The second-order valence-electron chi connectivity index (χ2n) is 8.25. The smallest absolute Gasteiger partial charge is 0.238 e. The maximum atomic E-state index is 12.6. The lowest BCUT2D eigenvalue weighted by Gasteiger charge is -2.37. The van der Waals surface area contributed by atoms with Crippen molar-refractivity contribution in [1.82, 2.24) is 19.6 Å². The molecule has 0 radical (unpaired) electrons. The van der Waals surface area contributed by atoms with Gasteiger partial charge in [0.15, 0.2) is 0 Å². The molecular weight excluding hydrogens is 382 g/mol. The van der Waals surface area contributed by atoms with Gasteiger partial charge in [0, 0.05) is 65.0 Å². The number of piperazine rings is 2. The summed E-state index contributed by atoms with van der Waals surface area (Å²) in [5.74, 6) is 0.208. The summed E-state index contributed by atoms with van der Waals surface area (Å²) < 4.78 is 0. The van der Waals surface area contributed by atoms with Gasteiger partial charge < -0.3 is 15.1 Å². The molecule has 0 bridgehead atoms. The molecule has 8 nitrogen and oxygen atoms in total. The van der Waals surface area contributed by atoms with Crippen molar-refractivity contribution in [3.05, 3.63) is 29.3 Å². The fraction of sp³-hybridized carbons (Fsp3) is 0.591. The van der Waals surface area contributed by atoms with Crippen molar-refractivity contribution < 1.29 is 14.4 Å². The molecule has 2 aliphatic rings. The van der Waals surface area contributed by atoms with Crippen LogP contribution in [0.3, 0.4) is 0 Å². The lowest BCUT2D eigenvalue weighted by atomic mass is 10.1. The van der Waals surface area contributed by atoms with Gasteiger partial charge in [0.2, 0.25) is 17.7 Å². The van der Waals surface area contributed by atoms with Crippen molar-refractivity contribution in [2.24, 2.45) is 0 Å². The van der Waals surface area contributed by atoms with E-state index in [2.05, 4.69) is 15.1 Å². The fourth-order valence-electron chi connectivity index (χ4n) is 4.06. The molecule has 0 atom stereocenters. The molecule has 1 aromatic carbocycles. The van der Waals surface area contributed by atoms with Crippen molar-refractivity contribution in [1.29, 1.82) is 0 Å². The predicted octanol–water partition coefficient (Wildman–Crippen LogP) is 0.550. The number of hydrogen-bond acceptors (Lipinski definition) is 5. The van der Waals surface area contributed by atoms with E-state index >= 15 is 0 Å². The van der Waals surface area contributed by atoms with Crippen LogP contribution < -0.4 is 5.32 Å². The molecule has 8 heteroatoms. The average Bonchev–Trinajstić information content (AvgIpc) is 2.72. The molecule has 3 amide bonds. The first kappa shape index (κ1) is 22.2. The number of amides is 3. The normalized spacial score (nSPS) is 18.4. The number of aryl methyl sites for hydroxylation is 2. The Morgan fingerprint density at radius 1 is 0.800 bits per heavy atom. The van der Waals surface area contributed by atoms with Crippen LogP contribution in [-0.4, -0.2) is 103 Å². The Hall–Kier alpha value is -2.45. The van der Waals surface area contributed by atoms with Crippen molar-refractivity contribution in [3.8, 4) is 0 Å². The Morgan fingerprint density at radius 2 is 1.30 bits per heavy atom. The summed E-state index contributed by atoms with van der Waals surface area (Å²) in [5.41, 5.74) is 3.01. The van der Waals surface area contributed by atoms with E-state index in [4.69, 9.17) is 0 Å². The van der Waals surface area contributed by atoms with Crippen molar-refractivity contribution in [3.63, 3.8) is 0 Å². The molecular formula is C22H33N5O3. The van der Waals surface area contributed by atoms with Crippen LogP contribution in [0.5, 0.6) is 0 Å². The minimum absolute atomic E-state index is 0.0180. The van der Waals surface area contributed by atoms with Crippen molar-refractivity contribution in [2.45, 2.75) is 20.8 Å². The highest BCUT2D eigenvalue weighted by molar-refractivity contribution is 5.93. The van der Waals surface area contributed by atoms with Gasteiger partial charge in [0.1, 0.15) is 0 Å². The number of carbonyl (C=O) groups is 3. The Kier molecular flexibility index (Phi) is 7.44. The van der Waals surface area contributed by atoms with Gasteiger partial charge in [-0.05, 0) is 25.0 Å². The zero-order valence-electron chi connectivity index (χ0n) is 18.3. The molecule has 30 heavy (non-hydrogen) atoms. The van der Waals surface area contributed by atoms with Crippen LogP contribution in [0, 0.1) is 13.8 Å². The second kappa shape index (κ2) is 10.0. The number of hydrogen-bond donors (Lipinski definition) is 1. The minimum atomic E-state index is -0.0180. The van der Waals surface area contributed by atoms with Crippen LogP contribution >= 0.6 is 0 Å². The Balaban J connectivity index is 1.40. The second-order valence-corrected chi connectivity index (χ2v) is 8.25. The summed E-state index contributed by atoms with van der Waals surface area (Å²) in [6.07, 6.45) is 0. The van der Waals surface area contributed by atoms with Gasteiger partial charge in [-0.15, -0.1) is 0 Å². The number of nitrogens with one attached hydrogen (secondary N) is 1. The van der Waals surface area contributed by atoms with E-state index in [0.717, 1.165) is 29.9 Å². The first-order valence-electron chi connectivity index (χ1n) is 10.7. The molecule has 0 saturated carbocycles.